The van der Waals surface area contributed by atoms with Crippen molar-refractivity contribution < 1.29 is 17.5 Å². The SMILES string of the molecule is NCc1ccc(F)c(S(=O)(=O)N2CCOCC2)c1. The average molecular weight is 274 g/mol. The van der Waals surface area contributed by atoms with Crippen LogP contribution in [0.5, 0.6) is 0 Å². The van der Waals surface area contributed by atoms with Crippen molar-refractivity contribution in [3.05, 3.63) is 29.6 Å². The van der Waals surface area contributed by atoms with Crippen LogP contribution in [0, 0.1) is 5.82 Å². The summed E-state index contributed by atoms with van der Waals surface area (Å²) in [5, 5.41) is 0. The average Bonchev–Trinajstić information content (AvgIpc) is 2.40. The largest absolute Gasteiger partial charge is 0.379 e. The highest BCUT2D eigenvalue weighted by molar-refractivity contribution is 7.89. The van der Waals surface area contributed by atoms with Crippen LogP contribution in [0.2, 0.25) is 0 Å². The highest BCUT2D eigenvalue weighted by atomic mass is 32.2. The van der Waals surface area contributed by atoms with E-state index < -0.39 is 15.8 Å². The van der Waals surface area contributed by atoms with E-state index in [1.807, 2.05) is 0 Å². The zero-order chi connectivity index (χ0) is 13.2. The number of nitrogens with zero attached hydrogens (tertiary/aromatic N) is 1. The molecule has 0 saturated carbocycles. The van der Waals surface area contributed by atoms with E-state index in [4.69, 9.17) is 10.5 Å². The lowest BCUT2D eigenvalue weighted by Gasteiger charge is -2.26. The molecule has 0 radical (unpaired) electrons. The van der Waals surface area contributed by atoms with Gasteiger partial charge in [-0.05, 0) is 17.7 Å². The zero-order valence-corrected chi connectivity index (χ0v) is 10.6. The molecule has 1 aromatic carbocycles. The molecule has 0 aromatic heterocycles. The molecule has 1 fully saturated rings. The fraction of sp³-hybridized carbons (Fsp3) is 0.455. The quantitative estimate of drug-likeness (QED) is 0.860. The number of rotatable bonds is 3. The summed E-state index contributed by atoms with van der Waals surface area (Å²) >= 11 is 0. The zero-order valence-electron chi connectivity index (χ0n) is 9.80. The van der Waals surface area contributed by atoms with Crippen molar-refractivity contribution in [1.82, 2.24) is 4.31 Å². The van der Waals surface area contributed by atoms with Crippen molar-refractivity contribution in [3.63, 3.8) is 0 Å². The van der Waals surface area contributed by atoms with E-state index in [1.165, 1.54) is 16.4 Å². The molecule has 1 saturated heterocycles. The van der Waals surface area contributed by atoms with Gasteiger partial charge in [-0.15, -0.1) is 0 Å². The maximum absolute atomic E-state index is 13.7. The third-order valence-corrected chi connectivity index (χ3v) is 4.73. The molecule has 0 spiro atoms. The molecule has 7 heteroatoms. The number of halogens is 1. The summed E-state index contributed by atoms with van der Waals surface area (Å²) in [6.07, 6.45) is 0. The monoisotopic (exact) mass is 274 g/mol. The Morgan fingerprint density at radius 2 is 2.00 bits per heavy atom. The first-order valence-electron chi connectivity index (χ1n) is 5.62. The summed E-state index contributed by atoms with van der Waals surface area (Å²) in [6, 6.07) is 3.91. The Balaban J connectivity index is 2.39. The lowest BCUT2D eigenvalue weighted by atomic mass is 10.2. The topological polar surface area (TPSA) is 72.6 Å². The Kier molecular flexibility index (Phi) is 3.96. The standard InChI is InChI=1S/C11H15FN2O3S/c12-10-2-1-9(8-13)7-11(10)18(15,16)14-3-5-17-6-4-14/h1-2,7H,3-6,8,13H2. The van der Waals surface area contributed by atoms with Crippen LogP contribution in [0.25, 0.3) is 0 Å². The molecule has 2 rings (SSSR count). The van der Waals surface area contributed by atoms with Crippen molar-refractivity contribution in [2.24, 2.45) is 5.73 Å². The first-order chi connectivity index (χ1) is 8.55. The third kappa shape index (κ3) is 2.54. The molecular weight excluding hydrogens is 259 g/mol. The minimum absolute atomic E-state index is 0.173. The van der Waals surface area contributed by atoms with Crippen molar-refractivity contribution >= 4 is 10.0 Å². The van der Waals surface area contributed by atoms with Crippen molar-refractivity contribution in [2.75, 3.05) is 26.3 Å². The molecule has 0 atom stereocenters. The van der Waals surface area contributed by atoms with Crippen LogP contribution in [0.15, 0.2) is 23.1 Å². The molecular formula is C11H15FN2O3S. The smallest absolute Gasteiger partial charge is 0.246 e. The number of morpholine rings is 1. The number of ether oxygens (including phenoxy) is 1. The minimum Gasteiger partial charge on any atom is -0.379 e. The maximum Gasteiger partial charge on any atom is 0.246 e. The van der Waals surface area contributed by atoms with E-state index in [0.717, 1.165) is 6.07 Å². The van der Waals surface area contributed by atoms with Gasteiger partial charge in [-0.25, -0.2) is 12.8 Å². The molecule has 1 aliphatic rings. The van der Waals surface area contributed by atoms with E-state index in [0.29, 0.717) is 18.8 Å². The minimum atomic E-state index is -3.80. The Labute approximate surface area is 105 Å². The normalized spacial score (nSPS) is 17.9. The lowest BCUT2D eigenvalue weighted by molar-refractivity contribution is 0.0729. The molecule has 1 aromatic rings. The van der Waals surface area contributed by atoms with Gasteiger partial charge in [0.1, 0.15) is 10.7 Å². The Morgan fingerprint density at radius 1 is 1.33 bits per heavy atom. The second kappa shape index (κ2) is 5.31. The van der Waals surface area contributed by atoms with Gasteiger partial charge in [0.05, 0.1) is 13.2 Å². The predicted octanol–water partition coefficient (Wildman–Crippen LogP) is 0.305. The number of hydrogen-bond acceptors (Lipinski definition) is 4. The number of benzene rings is 1. The number of sulfonamides is 1. The van der Waals surface area contributed by atoms with Crippen molar-refractivity contribution in [1.29, 1.82) is 0 Å². The summed E-state index contributed by atoms with van der Waals surface area (Å²) in [5.41, 5.74) is 6.03. The van der Waals surface area contributed by atoms with Crippen LogP contribution in [0.3, 0.4) is 0 Å². The molecule has 1 aliphatic heterocycles. The summed E-state index contributed by atoms with van der Waals surface area (Å²) in [4.78, 5) is -0.313. The molecule has 1 heterocycles. The van der Waals surface area contributed by atoms with Gasteiger partial charge < -0.3 is 10.5 Å². The highest BCUT2D eigenvalue weighted by Crippen LogP contribution is 2.21. The van der Waals surface area contributed by atoms with E-state index in [-0.39, 0.29) is 24.5 Å². The van der Waals surface area contributed by atoms with Gasteiger partial charge in [0.25, 0.3) is 0 Å². The summed E-state index contributed by atoms with van der Waals surface area (Å²) in [5.74, 6) is -0.751. The van der Waals surface area contributed by atoms with Gasteiger partial charge in [-0.1, -0.05) is 6.07 Å². The fourth-order valence-corrected chi connectivity index (χ4v) is 3.32. The number of hydrogen-bond donors (Lipinski definition) is 1. The highest BCUT2D eigenvalue weighted by Gasteiger charge is 2.28. The first kappa shape index (κ1) is 13.4. The predicted molar refractivity (Wildman–Crippen MR) is 63.9 cm³/mol. The van der Waals surface area contributed by atoms with Crippen molar-refractivity contribution in [3.8, 4) is 0 Å². The first-order valence-corrected chi connectivity index (χ1v) is 7.06. The van der Waals surface area contributed by atoms with Gasteiger partial charge in [0.15, 0.2) is 0 Å². The van der Waals surface area contributed by atoms with E-state index in [1.54, 1.807) is 0 Å². The Morgan fingerprint density at radius 3 is 2.61 bits per heavy atom. The van der Waals surface area contributed by atoms with Crippen molar-refractivity contribution in [2.45, 2.75) is 11.4 Å². The van der Waals surface area contributed by atoms with Gasteiger partial charge in [-0.3, -0.25) is 0 Å². The van der Waals surface area contributed by atoms with Crippen LogP contribution in [0.1, 0.15) is 5.56 Å². The molecule has 5 nitrogen and oxygen atoms in total. The fourth-order valence-electron chi connectivity index (χ4n) is 1.80. The number of nitrogens with two attached hydrogens (primary N) is 1. The molecule has 0 unspecified atom stereocenters. The van der Waals surface area contributed by atoms with Gasteiger partial charge in [-0.2, -0.15) is 4.31 Å². The van der Waals surface area contributed by atoms with E-state index in [2.05, 4.69) is 0 Å². The second-order valence-electron chi connectivity index (χ2n) is 3.99. The molecule has 100 valence electrons. The van der Waals surface area contributed by atoms with E-state index in [9.17, 15) is 12.8 Å². The van der Waals surface area contributed by atoms with Crippen LogP contribution in [-0.4, -0.2) is 39.0 Å². The molecule has 2 N–H and O–H groups in total. The lowest BCUT2D eigenvalue weighted by Crippen LogP contribution is -2.40. The molecule has 0 amide bonds. The third-order valence-electron chi connectivity index (χ3n) is 2.82. The summed E-state index contributed by atoms with van der Waals surface area (Å²) < 4.78 is 44.5. The second-order valence-corrected chi connectivity index (χ2v) is 5.89. The Hall–Kier alpha value is -1.02. The Bertz CT molecular complexity index is 527. The summed E-state index contributed by atoms with van der Waals surface area (Å²) in [7, 11) is -3.80. The van der Waals surface area contributed by atoms with Gasteiger partial charge in [0, 0.05) is 19.6 Å². The van der Waals surface area contributed by atoms with Crippen LogP contribution >= 0.6 is 0 Å². The van der Waals surface area contributed by atoms with Gasteiger partial charge in [0.2, 0.25) is 10.0 Å². The maximum atomic E-state index is 13.7. The van der Waals surface area contributed by atoms with Crippen LogP contribution in [0.4, 0.5) is 4.39 Å². The van der Waals surface area contributed by atoms with Crippen LogP contribution < -0.4 is 5.73 Å². The molecule has 0 bridgehead atoms. The summed E-state index contributed by atoms with van der Waals surface area (Å²) in [6.45, 7) is 1.32. The van der Waals surface area contributed by atoms with E-state index >= 15 is 0 Å². The molecule has 18 heavy (non-hydrogen) atoms. The van der Waals surface area contributed by atoms with Crippen LogP contribution in [-0.2, 0) is 21.3 Å². The van der Waals surface area contributed by atoms with Gasteiger partial charge >= 0.3 is 0 Å². The molecule has 0 aliphatic carbocycles.